The molecule has 12 fully saturated rings. The van der Waals surface area contributed by atoms with Gasteiger partial charge in [-0.25, -0.2) is 0 Å². The summed E-state index contributed by atoms with van der Waals surface area (Å²) in [5, 5.41) is 3.35. The first-order chi connectivity index (χ1) is 56.0. The molecule has 726 valence electrons. The van der Waals surface area contributed by atoms with E-state index < -0.39 is 28.6 Å². The fourth-order valence-corrected chi connectivity index (χ4v) is 18.0. The van der Waals surface area contributed by atoms with Crippen LogP contribution in [0.4, 0.5) is 26.3 Å². The van der Waals surface area contributed by atoms with E-state index >= 15 is 0 Å². The Balaban J connectivity index is 0.000000661. The zero-order chi connectivity index (χ0) is 92.1. The van der Waals surface area contributed by atoms with Crippen molar-refractivity contribution in [2.45, 2.75) is 377 Å². The van der Waals surface area contributed by atoms with E-state index in [1.165, 1.54) is 279 Å². The Bertz CT molecular complexity index is 2310. The minimum absolute atomic E-state index is 0.216. The van der Waals surface area contributed by atoms with Crippen molar-refractivity contribution in [3.05, 3.63) is 0 Å². The van der Waals surface area contributed by atoms with Crippen molar-refractivity contribution in [1.82, 2.24) is 64.1 Å². The summed E-state index contributed by atoms with van der Waals surface area (Å²) in [5.41, 5.74) is -2.42. The van der Waals surface area contributed by atoms with Gasteiger partial charge in [0.05, 0.1) is 24.0 Å². The molecule has 2 aliphatic carbocycles. The first-order valence-corrected chi connectivity index (χ1v) is 50.2. The first kappa shape index (κ1) is 118. The molecule has 0 bridgehead atoms. The first-order valence-electron chi connectivity index (χ1n) is 50.2. The van der Waals surface area contributed by atoms with E-state index in [-0.39, 0.29) is 11.8 Å². The number of hydrogen-bond donors (Lipinski definition) is 1. The molecule has 0 spiro atoms. The van der Waals surface area contributed by atoms with Crippen LogP contribution in [0, 0.1) is 51.2 Å². The summed E-state index contributed by atoms with van der Waals surface area (Å²) in [5.74, 6) is 4.20. The molecular weight excluding hydrogens is 1530 g/mol. The van der Waals surface area contributed by atoms with Crippen molar-refractivity contribution in [2.75, 3.05) is 230 Å². The van der Waals surface area contributed by atoms with Gasteiger partial charge in [-0.05, 0) is 332 Å². The highest BCUT2D eigenvalue weighted by Crippen LogP contribution is 2.67. The van der Waals surface area contributed by atoms with E-state index in [9.17, 15) is 26.3 Å². The molecule has 0 aromatic carbocycles. The number of hydrogen-bond acceptors (Lipinski definition) is 14. The molecule has 20 heteroatoms. The molecule has 10 aliphatic heterocycles. The second-order valence-corrected chi connectivity index (χ2v) is 46.2. The van der Waals surface area contributed by atoms with Gasteiger partial charge in [0, 0.05) is 153 Å². The molecule has 12 aliphatic rings. The highest BCUT2D eigenvalue weighted by Gasteiger charge is 2.68. The van der Waals surface area contributed by atoms with Crippen LogP contribution in [-0.4, -0.2) is 330 Å². The van der Waals surface area contributed by atoms with Crippen LogP contribution in [0.15, 0.2) is 0 Å². The number of nitrogens with zero attached hydrogens (tertiary/aromatic N) is 12. The van der Waals surface area contributed by atoms with Gasteiger partial charge in [-0.3, -0.25) is 19.6 Å². The number of morpholine rings is 1. The van der Waals surface area contributed by atoms with Crippen LogP contribution >= 0.6 is 0 Å². The second kappa shape index (κ2) is 60.1. The van der Waals surface area contributed by atoms with E-state index in [0.29, 0.717) is 48.3 Å². The topological polar surface area (TPSA) is 60.1 Å². The van der Waals surface area contributed by atoms with Crippen molar-refractivity contribution in [1.29, 1.82) is 0 Å². The number of halogens is 6. The van der Waals surface area contributed by atoms with Gasteiger partial charge in [-0.15, -0.1) is 0 Å². The van der Waals surface area contributed by atoms with Crippen molar-refractivity contribution in [3.8, 4) is 0 Å². The average molecular weight is 1740 g/mol. The molecule has 0 aromatic heterocycles. The lowest BCUT2D eigenvalue weighted by Crippen LogP contribution is -2.52. The maximum atomic E-state index is 12.4. The van der Waals surface area contributed by atoms with Gasteiger partial charge in [-0.1, -0.05) is 136 Å². The molecule has 0 unspecified atom stereocenters. The van der Waals surface area contributed by atoms with Crippen LogP contribution in [0.25, 0.3) is 0 Å². The summed E-state index contributed by atoms with van der Waals surface area (Å²) in [6.07, 6.45) is 16.4. The smallest absolute Gasteiger partial charge is 0.379 e. The van der Waals surface area contributed by atoms with Crippen molar-refractivity contribution < 1.29 is 31.1 Å². The molecule has 0 radical (unpaired) electrons. The molecule has 1 N–H and O–H groups in total. The number of piperazine rings is 3. The third-order valence-electron chi connectivity index (χ3n) is 25.8. The van der Waals surface area contributed by atoms with Gasteiger partial charge in [0.15, 0.2) is 0 Å². The third-order valence-corrected chi connectivity index (χ3v) is 25.8. The van der Waals surface area contributed by atoms with E-state index in [1.807, 2.05) is 20.8 Å². The Kier molecular flexibility index (Phi) is 58.7. The van der Waals surface area contributed by atoms with E-state index in [2.05, 4.69) is 237 Å². The fourth-order valence-electron chi connectivity index (χ4n) is 18.0. The largest absolute Gasteiger partial charge is 0.395 e. The van der Waals surface area contributed by atoms with Gasteiger partial charge in [0.25, 0.3) is 0 Å². The van der Waals surface area contributed by atoms with Crippen LogP contribution in [0.2, 0.25) is 0 Å². The van der Waals surface area contributed by atoms with Crippen LogP contribution in [0.5, 0.6) is 0 Å². The number of nitrogens with one attached hydrogen (secondary N) is 1. The quantitative estimate of drug-likeness (QED) is 0.178. The molecule has 121 heavy (non-hydrogen) atoms. The van der Waals surface area contributed by atoms with Crippen molar-refractivity contribution in [2.24, 2.45) is 51.2 Å². The Hall–Kier alpha value is -0.980. The summed E-state index contributed by atoms with van der Waals surface area (Å²) in [7, 11) is 4.40. The number of rotatable bonds is 13. The van der Waals surface area contributed by atoms with Crippen molar-refractivity contribution in [3.63, 3.8) is 0 Å². The SMILES string of the molecule is CC(C)(C)C1(C(F)(F)F)CC1.CC(C)(C)CC1(C(F)(F)F)CC1.CC(C)(C)N1CCCCC1.CC(C)(C)N1CCNCC1.CC(C)CN1CCCC1.CC(C)CN1CCCCC1.CC(C)CN1CCCCC1.CC(C)CN1CCCCC1.CC(C)CN1CCN(C)CC1.CC(C)N1CCCC1.CC(C)N1CCOCC1.CN1CCN(C(C)(C)C)CC1. The summed E-state index contributed by atoms with van der Waals surface area (Å²) in [4.78, 5) is 30.3. The molecule has 10 saturated heterocycles. The molecule has 14 nitrogen and oxygen atoms in total. The van der Waals surface area contributed by atoms with Crippen molar-refractivity contribution >= 4 is 0 Å². The van der Waals surface area contributed by atoms with Gasteiger partial charge in [-0.2, -0.15) is 26.3 Å². The highest BCUT2D eigenvalue weighted by molar-refractivity contribution is 5.06. The van der Waals surface area contributed by atoms with Crippen LogP contribution < -0.4 is 5.32 Å². The zero-order valence-electron chi connectivity index (χ0n) is 86.3. The lowest BCUT2D eigenvalue weighted by Gasteiger charge is -2.41. The third kappa shape index (κ3) is 56.4. The van der Waals surface area contributed by atoms with Gasteiger partial charge < -0.3 is 49.3 Å². The minimum Gasteiger partial charge on any atom is -0.379 e. The van der Waals surface area contributed by atoms with Gasteiger partial charge >= 0.3 is 12.4 Å². The minimum atomic E-state index is -4.01. The summed E-state index contributed by atoms with van der Waals surface area (Å²) >= 11 is 0. The maximum absolute atomic E-state index is 12.4. The number of likely N-dealkylation sites (N-methyl/N-ethyl adjacent to an activating group) is 2. The highest BCUT2D eigenvalue weighted by atomic mass is 19.4. The van der Waals surface area contributed by atoms with Crippen LogP contribution in [-0.2, 0) is 4.74 Å². The molecule has 0 atom stereocenters. The number of likely N-dealkylation sites (tertiary alicyclic amines) is 6. The monoisotopic (exact) mass is 1730 g/mol. The summed E-state index contributed by atoms with van der Waals surface area (Å²) < 4.78 is 79.7. The lowest BCUT2D eigenvalue weighted by atomic mass is 9.77. The Labute approximate surface area is 749 Å². The fraction of sp³-hybridized carbons (Fsp3) is 1.00. The predicted octanol–water partition coefficient (Wildman–Crippen LogP) is 22.4. The molecule has 2 saturated carbocycles. The van der Waals surface area contributed by atoms with E-state index in [0.717, 1.165) is 75.0 Å². The Morgan fingerprint density at radius 2 is 0.545 bits per heavy atom. The molecular formula is C101H209F6N13O. The number of ether oxygens (including phenoxy) is 1. The standard InChI is InChI=1S/C9H15F3.2C9H20N2.4C9H19N.C8H13F3.C8H18N2.C8H17N.C7H15NO.C7H15N/c1-7(2,3)6-8(4-5-8)9(10,11)12;1-9(2,3)11-7-5-10(4)6-8-11;1-9(2)8-11-6-4-10(3)5-7-11;1-9(2,3)10-7-5-4-6-8-10;3*1-9(2)8-10-6-4-3-5-7-10;1-6(2,3)7(4-5-7)8(9,10)11;1-8(2,3)10-6-4-9-5-7-10;1-8(2)7-9-5-3-4-6-9;1-7(2)8-3-5-9-6-4-8;1-7(2)8-5-3-4-6-8/h4-6H2,1-3H3;5-8H2,1-4H3;9H,4-8H2,1-3H3;4-8H2,1-3H3;3*9H,3-8H2,1-2H3;4-5H2,1-3H3;9H,4-7H2,1-3H3;8H,3-7H2,1-2H3;7H,3-6H2,1-2H3;7H,3-6H2,1-2H3. The lowest BCUT2D eigenvalue weighted by molar-refractivity contribution is -0.215. The zero-order valence-corrected chi connectivity index (χ0v) is 86.3. The maximum Gasteiger partial charge on any atom is 0.395 e. The second-order valence-electron chi connectivity index (χ2n) is 46.2. The van der Waals surface area contributed by atoms with Crippen LogP contribution in [0.3, 0.4) is 0 Å². The average Bonchev–Trinajstić information content (AvgIpc) is 1.56. The molecule has 0 aromatic rings. The Morgan fingerprint density at radius 1 is 0.289 bits per heavy atom. The normalized spacial score (nSPS) is 22.7. The number of piperidine rings is 4. The molecule has 0 amide bonds. The van der Waals surface area contributed by atoms with Gasteiger partial charge in [0.1, 0.15) is 0 Å². The summed E-state index contributed by atoms with van der Waals surface area (Å²) in [6, 6.07) is 1.46. The Morgan fingerprint density at radius 3 is 0.744 bits per heavy atom. The molecule has 10 heterocycles. The van der Waals surface area contributed by atoms with Crippen LogP contribution in [0.1, 0.15) is 336 Å². The van der Waals surface area contributed by atoms with E-state index in [1.54, 1.807) is 20.8 Å². The van der Waals surface area contributed by atoms with E-state index in [4.69, 9.17) is 4.74 Å². The number of alkyl halides is 6. The molecule has 12 rings (SSSR count). The summed E-state index contributed by atoms with van der Waals surface area (Å²) in [6.45, 7) is 104. The predicted molar refractivity (Wildman–Crippen MR) is 515 cm³/mol. The van der Waals surface area contributed by atoms with Gasteiger partial charge in [0.2, 0.25) is 0 Å².